The lowest BCUT2D eigenvalue weighted by Crippen LogP contribution is -2.48. The zero-order valence-electron chi connectivity index (χ0n) is 18.6. The van der Waals surface area contributed by atoms with E-state index in [0.29, 0.717) is 13.2 Å². The average molecular weight is 389 g/mol. The summed E-state index contributed by atoms with van der Waals surface area (Å²) in [4.78, 5) is 0. The molecule has 1 atom stereocenters. The van der Waals surface area contributed by atoms with E-state index in [1.807, 2.05) is 0 Å². The number of hydrogen-bond donors (Lipinski definition) is 0. The van der Waals surface area contributed by atoms with Crippen LogP contribution in [-0.4, -0.2) is 28.1 Å². The zero-order valence-corrected chi connectivity index (χ0v) is 19.6. The van der Waals surface area contributed by atoms with Crippen LogP contribution in [-0.2, 0) is 13.3 Å². The Hall–Kier alpha value is 0.0969. The van der Waals surface area contributed by atoms with Gasteiger partial charge in [-0.2, -0.15) is 0 Å². The summed E-state index contributed by atoms with van der Waals surface area (Å²) < 4.78 is 18.7. The van der Waals surface area contributed by atoms with E-state index in [1.54, 1.807) is 0 Å². The lowest BCUT2D eigenvalue weighted by atomic mass is 10.1. The van der Waals surface area contributed by atoms with Crippen LogP contribution in [0.3, 0.4) is 0 Å². The molecule has 0 aliphatic heterocycles. The van der Waals surface area contributed by atoms with Crippen LogP contribution in [0.2, 0.25) is 6.04 Å². The molecule has 3 nitrogen and oxygen atoms in total. The molecule has 0 aromatic carbocycles. The van der Waals surface area contributed by atoms with Gasteiger partial charge in [0.05, 0.1) is 0 Å². The minimum absolute atomic E-state index is 0.241. The SMILES string of the molecule is CCCCCCCCCC[Si](OCC)(OCC)OC(C)CCCCCC. The summed E-state index contributed by atoms with van der Waals surface area (Å²) in [6.45, 7) is 12.2. The first-order valence-electron chi connectivity index (χ1n) is 11.6. The van der Waals surface area contributed by atoms with Crippen molar-refractivity contribution in [1.82, 2.24) is 0 Å². The van der Waals surface area contributed by atoms with Crippen molar-refractivity contribution in [3.8, 4) is 0 Å². The fraction of sp³-hybridized carbons (Fsp3) is 1.00. The molecule has 0 saturated heterocycles. The molecule has 0 radical (unpaired) electrons. The van der Waals surface area contributed by atoms with Gasteiger partial charge in [0.15, 0.2) is 0 Å². The Morgan fingerprint density at radius 3 is 1.58 bits per heavy atom. The van der Waals surface area contributed by atoms with Gasteiger partial charge >= 0.3 is 8.80 Å². The molecule has 0 heterocycles. The lowest BCUT2D eigenvalue weighted by Gasteiger charge is -2.32. The number of rotatable bonds is 20. The highest BCUT2D eigenvalue weighted by molar-refractivity contribution is 6.60. The summed E-state index contributed by atoms with van der Waals surface area (Å²) in [5.41, 5.74) is 0. The summed E-state index contributed by atoms with van der Waals surface area (Å²) >= 11 is 0. The predicted molar refractivity (Wildman–Crippen MR) is 116 cm³/mol. The molecule has 26 heavy (non-hydrogen) atoms. The molecule has 0 amide bonds. The Bertz CT molecular complexity index is 281. The zero-order chi connectivity index (χ0) is 19.5. The quantitative estimate of drug-likeness (QED) is 0.159. The van der Waals surface area contributed by atoms with Crippen LogP contribution in [0.25, 0.3) is 0 Å². The topological polar surface area (TPSA) is 27.7 Å². The van der Waals surface area contributed by atoms with E-state index >= 15 is 0 Å². The smallest absolute Gasteiger partial charge is 0.374 e. The minimum atomic E-state index is -2.51. The highest BCUT2D eigenvalue weighted by Gasteiger charge is 2.41. The van der Waals surface area contributed by atoms with E-state index in [9.17, 15) is 0 Å². The van der Waals surface area contributed by atoms with Gasteiger partial charge in [-0.1, -0.05) is 84.5 Å². The predicted octanol–water partition coefficient (Wildman–Crippen LogP) is 7.51. The minimum Gasteiger partial charge on any atom is -0.374 e. The van der Waals surface area contributed by atoms with Gasteiger partial charge in [-0.25, -0.2) is 0 Å². The van der Waals surface area contributed by atoms with Gasteiger partial charge in [0.1, 0.15) is 0 Å². The number of unbranched alkanes of at least 4 members (excludes halogenated alkanes) is 10. The third-order valence-corrected chi connectivity index (χ3v) is 8.09. The van der Waals surface area contributed by atoms with Crippen LogP contribution >= 0.6 is 0 Å². The van der Waals surface area contributed by atoms with Crippen LogP contribution in [0.1, 0.15) is 118 Å². The molecule has 0 bridgehead atoms. The van der Waals surface area contributed by atoms with E-state index in [1.165, 1.54) is 77.0 Å². The van der Waals surface area contributed by atoms with Crippen molar-refractivity contribution in [1.29, 1.82) is 0 Å². The molecule has 0 aliphatic carbocycles. The number of hydrogen-bond acceptors (Lipinski definition) is 3. The van der Waals surface area contributed by atoms with Crippen molar-refractivity contribution in [3.63, 3.8) is 0 Å². The van der Waals surface area contributed by atoms with Crippen molar-refractivity contribution in [3.05, 3.63) is 0 Å². The third kappa shape index (κ3) is 14.2. The first-order chi connectivity index (χ1) is 12.6. The van der Waals surface area contributed by atoms with Gasteiger partial charge in [0.25, 0.3) is 0 Å². The van der Waals surface area contributed by atoms with Gasteiger partial charge < -0.3 is 13.3 Å². The Labute approximate surface area is 165 Å². The molecule has 0 aliphatic rings. The molecule has 0 spiro atoms. The molecule has 0 N–H and O–H groups in total. The van der Waals surface area contributed by atoms with E-state index in [2.05, 4.69) is 34.6 Å². The molecule has 0 fully saturated rings. The molecule has 158 valence electrons. The molecular weight excluding hydrogens is 340 g/mol. The Morgan fingerprint density at radius 1 is 0.615 bits per heavy atom. The molecule has 0 saturated carbocycles. The van der Waals surface area contributed by atoms with Crippen LogP contribution in [0, 0.1) is 0 Å². The summed E-state index contributed by atoms with van der Waals surface area (Å²) in [6.07, 6.45) is 17.1. The Kier molecular flexibility index (Phi) is 18.5. The first-order valence-corrected chi connectivity index (χ1v) is 13.5. The average Bonchev–Trinajstić information content (AvgIpc) is 2.61. The maximum atomic E-state index is 6.45. The van der Waals surface area contributed by atoms with Crippen molar-refractivity contribution in [2.45, 2.75) is 130 Å². The van der Waals surface area contributed by atoms with Gasteiger partial charge in [0.2, 0.25) is 0 Å². The third-order valence-electron chi connectivity index (χ3n) is 4.91. The second-order valence-electron chi connectivity index (χ2n) is 7.55. The summed E-state index contributed by atoms with van der Waals surface area (Å²) in [5, 5.41) is 0. The van der Waals surface area contributed by atoms with E-state index in [4.69, 9.17) is 13.3 Å². The largest absolute Gasteiger partial charge is 0.501 e. The molecule has 1 unspecified atom stereocenters. The summed E-state index contributed by atoms with van der Waals surface area (Å²) in [6, 6.07) is 0.975. The molecule has 4 heteroatoms. The lowest BCUT2D eigenvalue weighted by molar-refractivity contribution is 0.0342. The molecule has 0 aromatic rings. The standard InChI is InChI=1S/C22H48O3Si/c1-6-10-12-14-15-16-17-19-21-26(23-8-3,24-9-4)25-22(5)20-18-13-11-7-2/h22H,6-21H2,1-5H3. The fourth-order valence-corrected chi connectivity index (χ4v) is 6.37. The monoisotopic (exact) mass is 388 g/mol. The molecule has 0 aromatic heterocycles. The molecule has 0 rings (SSSR count). The second kappa shape index (κ2) is 18.5. The van der Waals surface area contributed by atoms with E-state index < -0.39 is 8.80 Å². The highest BCUT2D eigenvalue weighted by atomic mass is 28.4. The fourth-order valence-electron chi connectivity index (χ4n) is 3.45. The Morgan fingerprint density at radius 2 is 1.08 bits per heavy atom. The van der Waals surface area contributed by atoms with Crippen molar-refractivity contribution < 1.29 is 13.3 Å². The van der Waals surface area contributed by atoms with Gasteiger partial charge in [0, 0.05) is 25.4 Å². The first kappa shape index (κ1) is 26.1. The van der Waals surface area contributed by atoms with E-state index in [0.717, 1.165) is 12.5 Å². The van der Waals surface area contributed by atoms with E-state index in [-0.39, 0.29) is 6.10 Å². The van der Waals surface area contributed by atoms with Gasteiger partial charge in [-0.15, -0.1) is 0 Å². The van der Waals surface area contributed by atoms with Crippen LogP contribution in [0.4, 0.5) is 0 Å². The Balaban J connectivity index is 4.25. The second-order valence-corrected chi connectivity index (χ2v) is 10.2. The van der Waals surface area contributed by atoms with Gasteiger partial charge in [-0.3, -0.25) is 0 Å². The van der Waals surface area contributed by atoms with Crippen molar-refractivity contribution in [2.75, 3.05) is 13.2 Å². The maximum absolute atomic E-state index is 6.45. The van der Waals surface area contributed by atoms with Crippen LogP contribution in [0.5, 0.6) is 0 Å². The summed E-state index contributed by atoms with van der Waals surface area (Å²) in [7, 11) is -2.51. The highest BCUT2D eigenvalue weighted by Crippen LogP contribution is 2.24. The maximum Gasteiger partial charge on any atom is 0.501 e. The van der Waals surface area contributed by atoms with Crippen LogP contribution < -0.4 is 0 Å². The normalized spacial score (nSPS) is 13.3. The van der Waals surface area contributed by atoms with Crippen molar-refractivity contribution in [2.24, 2.45) is 0 Å². The summed E-state index contributed by atoms with van der Waals surface area (Å²) in [5.74, 6) is 0. The van der Waals surface area contributed by atoms with Crippen LogP contribution in [0.15, 0.2) is 0 Å². The molecular formula is C22H48O3Si. The van der Waals surface area contributed by atoms with Crippen molar-refractivity contribution >= 4 is 8.80 Å². The van der Waals surface area contributed by atoms with Gasteiger partial charge in [-0.05, 0) is 33.6 Å².